The van der Waals surface area contributed by atoms with Crippen LogP contribution in [0.2, 0.25) is 0 Å². The lowest BCUT2D eigenvalue weighted by Gasteiger charge is -2.28. The minimum atomic E-state index is 0. The van der Waals surface area contributed by atoms with Crippen molar-refractivity contribution in [3.8, 4) is 0 Å². The van der Waals surface area contributed by atoms with E-state index in [1.807, 2.05) is 11.8 Å². The van der Waals surface area contributed by atoms with Crippen LogP contribution < -0.4 is 5.32 Å². The highest BCUT2D eigenvalue weighted by Crippen LogP contribution is 2.37. The van der Waals surface area contributed by atoms with E-state index in [2.05, 4.69) is 24.1 Å². The quantitative estimate of drug-likeness (QED) is 0.866. The summed E-state index contributed by atoms with van der Waals surface area (Å²) < 4.78 is 0. The first-order chi connectivity index (χ1) is 8.69. The number of carbonyl (C=O) groups excluding carboxylic acids is 1. The van der Waals surface area contributed by atoms with E-state index in [9.17, 15) is 4.79 Å². The van der Waals surface area contributed by atoms with Crippen LogP contribution in [0, 0.1) is 5.41 Å². The van der Waals surface area contributed by atoms with E-state index in [4.69, 9.17) is 0 Å². The molecule has 0 spiro atoms. The van der Waals surface area contributed by atoms with Crippen molar-refractivity contribution in [2.75, 3.05) is 31.1 Å². The lowest BCUT2D eigenvalue weighted by molar-refractivity contribution is -0.131. The third kappa shape index (κ3) is 4.27. The number of thioether (sulfide) groups is 1. The normalized spacial score (nSPS) is 26.0. The minimum Gasteiger partial charge on any atom is -0.342 e. The van der Waals surface area contributed by atoms with E-state index in [1.165, 1.54) is 25.0 Å². The molecule has 2 fully saturated rings. The molecule has 0 aromatic carbocycles. The Morgan fingerprint density at radius 3 is 2.68 bits per heavy atom. The molecule has 2 rings (SSSR count). The molecule has 1 unspecified atom stereocenters. The minimum absolute atomic E-state index is 0. The molecule has 112 valence electrons. The van der Waals surface area contributed by atoms with E-state index >= 15 is 0 Å². The zero-order valence-electron chi connectivity index (χ0n) is 12.1. The van der Waals surface area contributed by atoms with E-state index in [1.54, 1.807) is 0 Å². The Bertz CT molecular complexity index is 291. The molecule has 1 amide bonds. The van der Waals surface area contributed by atoms with Gasteiger partial charge in [0, 0.05) is 43.6 Å². The summed E-state index contributed by atoms with van der Waals surface area (Å²) in [6.07, 6.45) is 4.28. The standard InChI is InChI=1S/C14H26N2OS.ClH/c1-3-14(4-2)5-7-16(11-14)13(17)9-12-10-18-8-6-15-12;/h12,15H,3-11H2,1-2H3;1H. The van der Waals surface area contributed by atoms with Crippen LogP contribution in [-0.4, -0.2) is 48.0 Å². The fraction of sp³-hybridized carbons (Fsp3) is 0.929. The zero-order chi connectivity index (χ0) is 13.0. The third-order valence-electron chi connectivity index (χ3n) is 4.71. The maximum Gasteiger partial charge on any atom is 0.224 e. The number of carbonyl (C=O) groups is 1. The number of likely N-dealkylation sites (tertiary alicyclic amines) is 1. The van der Waals surface area contributed by atoms with Crippen LogP contribution in [0.25, 0.3) is 0 Å². The SMILES string of the molecule is CCC1(CC)CCN(C(=O)CC2CSCCN2)C1.Cl. The number of nitrogens with one attached hydrogen (secondary N) is 1. The van der Waals surface area contributed by atoms with Gasteiger partial charge in [0.15, 0.2) is 0 Å². The number of hydrogen-bond acceptors (Lipinski definition) is 3. The van der Waals surface area contributed by atoms with Crippen molar-refractivity contribution in [2.45, 2.75) is 45.6 Å². The molecule has 2 heterocycles. The van der Waals surface area contributed by atoms with Crippen molar-refractivity contribution >= 4 is 30.1 Å². The Kier molecular flexibility index (Phi) is 6.98. The topological polar surface area (TPSA) is 32.3 Å². The summed E-state index contributed by atoms with van der Waals surface area (Å²) in [6, 6.07) is 0.398. The summed E-state index contributed by atoms with van der Waals surface area (Å²) in [5, 5.41) is 3.45. The van der Waals surface area contributed by atoms with Gasteiger partial charge in [-0.2, -0.15) is 11.8 Å². The van der Waals surface area contributed by atoms with Crippen LogP contribution in [-0.2, 0) is 4.79 Å². The average molecular weight is 307 g/mol. The molecule has 2 saturated heterocycles. The summed E-state index contributed by atoms with van der Waals surface area (Å²) in [5.41, 5.74) is 0.407. The molecule has 0 aromatic rings. The molecule has 2 aliphatic rings. The Labute approximate surface area is 127 Å². The van der Waals surface area contributed by atoms with Crippen molar-refractivity contribution in [1.82, 2.24) is 10.2 Å². The fourth-order valence-electron chi connectivity index (χ4n) is 3.07. The van der Waals surface area contributed by atoms with Gasteiger partial charge in [0.25, 0.3) is 0 Å². The van der Waals surface area contributed by atoms with Gasteiger partial charge in [-0.15, -0.1) is 12.4 Å². The van der Waals surface area contributed by atoms with Gasteiger partial charge in [-0.05, 0) is 24.7 Å². The van der Waals surface area contributed by atoms with Gasteiger partial charge in [-0.1, -0.05) is 13.8 Å². The third-order valence-corrected chi connectivity index (χ3v) is 5.84. The molecule has 0 saturated carbocycles. The summed E-state index contributed by atoms with van der Waals surface area (Å²) in [5.74, 6) is 2.63. The smallest absolute Gasteiger partial charge is 0.224 e. The second-order valence-electron chi connectivity index (χ2n) is 5.70. The highest BCUT2D eigenvalue weighted by molar-refractivity contribution is 7.99. The largest absolute Gasteiger partial charge is 0.342 e. The first-order valence-electron chi connectivity index (χ1n) is 7.28. The zero-order valence-corrected chi connectivity index (χ0v) is 13.7. The number of rotatable bonds is 4. The predicted octanol–water partition coefficient (Wildman–Crippen LogP) is 2.54. The van der Waals surface area contributed by atoms with Gasteiger partial charge in [0.05, 0.1) is 0 Å². The van der Waals surface area contributed by atoms with Crippen molar-refractivity contribution in [1.29, 1.82) is 0 Å². The molecular formula is C14H27ClN2OS. The predicted molar refractivity (Wildman–Crippen MR) is 85.2 cm³/mol. The molecule has 2 aliphatic heterocycles. The first kappa shape index (κ1) is 17.1. The Hall–Kier alpha value is 0.0700. The van der Waals surface area contributed by atoms with Gasteiger partial charge in [-0.25, -0.2) is 0 Å². The van der Waals surface area contributed by atoms with Gasteiger partial charge in [0.1, 0.15) is 0 Å². The van der Waals surface area contributed by atoms with Crippen molar-refractivity contribution in [3.63, 3.8) is 0 Å². The molecular weight excluding hydrogens is 280 g/mol. The second-order valence-corrected chi connectivity index (χ2v) is 6.85. The summed E-state index contributed by atoms with van der Waals surface area (Å²) >= 11 is 1.96. The van der Waals surface area contributed by atoms with E-state index in [0.29, 0.717) is 23.8 Å². The van der Waals surface area contributed by atoms with Crippen molar-refractivity contribution in [3.05, 3.63) is 0 Å². The second kappa shape index (κ2) is 7.75. The van der Waals surface area contributed by atoms with Crippen LogP contribution >= 0.6 is 24.2 Å². The first-order valence-corrected chi connectivity index (χ1v) is 8.43. The van der Waals surface area contributed by atoms with Crippen molar-refractivity contribution in [2.24, 2.45) is 5.41 Å². The molecule has 1 N–H and O–H groups in total. The van der Waals surface area contributed by atoms with Crippen LogP contribution in [0.4, 0.5) is 0 Å². The highest BCUT2D eigenvalue weighted by Gasteiger charge is 2.37. The molecule has 0 bridgehead atoms. The van der Waals surface area contributed by atoms with Crippen LogP contribution in [0.3, 0.4) is 0 Å². The van der Waals surface area contributed by atoms with E-state index in [-0.39, 0.29) is 12.4 Å². The lowest BCUT2D eigenvalue weighted by atomic mass is 9.82. The Morgan fingerprint density at radius 1 is 1.42 bits per heavy atom. The number of nitrogens with zero attached hydrogens (tertiary/aromatic N) is 1. The molecule has 0 aliphatic carbocycles. The summed E-state index contributed by atoms with van der Waals surface area (Å²) in [4.78, 5) is 14.4. The van der Waals surface area contributed by atoms with E-state index in [0.717, 1.165) is 25.4 Å². The fourth-order valence-corrected chi connectivity index (χ4v) is 4.01. The Balaban J connectivity index is 0.00000180. The Morgan fingerprint density at radius 2 is 2.16 bits per heavy atom. The van der Waals surface area contributed by atoms with Gasteiger partial charge in [0.2, 0.25) is 5.91 Å². The number of hydrogen-bond donors (Lipinski definition) is 1. The molecule has 5 heteroatoms. The molecule has 19 heavy (non-hydrogen) atoms. The number of amides is 1. The maximum absolute atomic E-state index is 12.3. The van der Waals surface area contributed by atoms with Gasteiger partial charge < -0.3 is 10.2 Å². The molecule has 0 aromatic heterocycles. The molecule has 1 atom stereocenters. The summed E-state index contributed by atoms with van der Waals surface area (Å²) in [6.45, 7) is 7.53. The van der Waals surface area contributed by atoms with Crippen LogP contribution in [0.15, 0.2) is 0 Å². The monoisotopic (exact) mass is 306 g/mol. The van der Waals surface area contributed by atoms with Crippen molar-refractivity contribution < 1.29 is 4.79 Å². The highest BCUT2D eigenvalue weighted by atomic mass is 35.5. The number of halogens is 1. The maximum atomic E-state index is 12.3. The van der Waals surface area contributed by atoms with Crippen LogP contribution in [0.1, 0.15) is 39.5 Å². The molecule has 3 nitrogen and oxygen atoms in total. The van der Waals surface area contributed by atoms with Gasteiger partial charge in [-0.3, -0.25) is 4.79 Å². The molecule has 0 radical (unpaired) electrons. The lowest BCUT2D eigenvalue weighted by Crippen LogP contribution is -2.42. The van der Waals surface area contributed by atoms with Crippen LogP contribution in [0.5, 0.6) is 0 Å². The van der Waals surface area contributed by atoms with Gasteiger partial charge >= 0.3 is 0 Å². The van der Waals surface area contributed by atoms with E-state index < -0.39 is 0 Å². The average Bonchev–Trinajstić information content (AvgIpc) is 2.85. The summed E-state index contributed by atoms with van der Waals surface area (Å²) in [7, 11) is 0.